The van der Waals surface area contributed by atoms with Crippen LogP contribution in [0.2, 0.25) is 0 Å². The quantitative estimate of drug-likeness (QED) is 0.753. The lowest BCUT2D eigenvalue weighted by atomic mass is 9.87. The van der Waals surface area contributed by atoms with Crippen LogP contribution in [0.1, 0.15) is 45.1 Å². The summed E-state index contributed by atoms with van der Waals surface area (Å²) >= 11 is 0. The third kappa shape index (κ3) is 5.16. The van der Waals surface area contributed by atoms with Crippen molar-refractivity contribution in [2.45, 2.75) is 51.7 Å². The third-order valence-electron chi connectivity index (χ3n) is 4.04. The highest BCUT2D eigenvalue weighted by molar-refractivity contribution is 5.75. The number of benzene rings is 1. The molecule has 6 heteroatoms. The fraction of sp³-hybridized carbons (Fsp3) is 0.588. The number of halogens is 2. The summed E-state index contributed by atoms with van der Waals surface area (Å²) in [6.45, 7) is 6.08. The minimum Gasteiger partial charge on any atom is -0.393 e. The molecular weight excluding hydrogens is 302 g/mol. The molecule has 1 aromatic carbocycles. The maximum absolute atomic E-state index is 13.7. The molecule has 0 aromatic heterocycles. The number of hydrogen-bond donors (Lipinski definition) is 3. The molecule has 0 bridgehead atoms. The van der Waals surface area contributed by atoms with Gasteiger partial charge in [0.2, 0.25) is 0 Å². The zero-order valence-corrected chi connectivity index (χ0v) is 13.7. The van der Waals surface area contributed by atoms with Crippen molar-refractivity contribution in [3.05, 3.63) is 35.4 Å². The van der Waals surface area contributed by atoms with Crippen LogP contribution in [0.4, 0.5) is 13.6 Å². The van der Waals surface area contributed by atoms with Gasteiger partial charge in [0.1, 0.15) is 11.6 Å². The van der Waals surface area contributed by atoms with Crippen molar-refractivity contribution >= 4 is 6.03 Å². The number of carbonyl (C=O) groups excluding carboxylic acids is 1. The fourth-order valence-corrected chi connectivity index (χ4v) is 2.91. The van der Waals surface area contributed by atoms with Crippen molar-refractivity contribution in [2.75, 3.05) is 6.54 Å². The molecule has 0 heterocycles. The second kappa shape index (κ2) is 6.83. The Kier molecular flexibility index (Phi) is 5.24. The van der Waals surface area contributed by atoms with Crippen LogP contribution in [-0.2, 0) is 0 Å². The van der Waals surface area contributed by atoms with Gasteiger partial charge < -0.3 is 15.7 Å². The molecule has 1 saturated carbocycles. The summed E-state index contributed by atoms with van der Waals surface area (Å²) in [4.78, 5) is 11.9. The van der Waals surface area contributed by atoms with Crippen molar-refractivity contribution in [3.8, 4) is 0 Å². The first-order valence-electron chi connectivity index (χ1n) is 7.85. The number of carbonyl (C=O) groups is 1. The summed E-state index contributed by atoms with van der Waals surface area (Å²) in [5.74, 6) is -1.28. The SMILES string of the molecule is CC(O)CC(C)(C)CNC(=O)NC1CC1c1ccc(F)cc1F. The van der Waals surface area contributed by atoms with Crippen molar-refractivity contribution in [1.82, 2.24) is 10.6 Å². The largest absolute Gasteiger partial charge is 0.393 e. The molecule has 0 saturated heterocycles. The Morgan fingerprint density at radius 3 is 2.74 bits per heavy atom. The van der Waals surface area contributed by atoms with Crippen LogP contribution in [-0.4, -0.2) is 29.8 Å². The molecule has 23 heavy (non-hydrogen) atoms. The Hall–Kier alpha value is -1.69. The van der Waals surface area contributed by atoms with E-state index in [0.29, 0.717) is 24.9 Å². The summed E-state index contributed by atoms with van der Waals surface area (Å²) in [5, 5.41) is 15.0. The van der Waals surface area contributed by atoms with Crippen LogP contribution in [0, 0.1) is 17.0 Å². The molecule has 3 unspecified atom stereocenters. The fourth-order valence-electron chi connectivity index (χ4n) is 2.91. The summed E-state index contributed by atoms with van der Waals surface area (Å²) in [7, 11) is 0. The van der Waals surface area contributed by atoms with Crippen LogP contribution in [0.25, 0.3) is 0 Å². The zero-order valence-electron chi connectivity index (χ0n) is 13.7. The molecule has 1 fully saturated rings. The van der Waals surface area contributed by atoms with E-state index >= 15 is 0 Å². The molecule has 2 rings (SSSR count). The Morgan fingerprint density at radius 1 is 1.43 bits per heavy atom. The minimum absolute atomic E-state index is 0.105. The molecule has 128 valence electrons. The van der Waals surface area contributed by atoms with Gasteiger partial charge in [0, 0.05) is 24.6 Å². The first kappa shape index (κ1) is 17.7. The van der Waals surface area contributed by atoms with E-state index in [1.165, 1.54) is 12.1 Å². The van der Waals surface area contributed by atoms with Crippen molar-refractivity contribution < 1.29 is 18.7 Å². The molecule has 0 aliphatic heterocycles. The molecular formula is C17H24F2N2O2. The van der Waals surface area contributed by atoms with Crippen LogP contribution >= 0.6 is 0 Å². The Morgan fingerprint density at radius 2 is 2.13 bits per heavy atom. The van der Waals surface area contributed by atoms with Gasteiger partial charge >= 0.3 is 6.03 Å². The minimum atomic E-state index is -0.602. The second-order valence-corrected chi connectivity index (χ2v) is 7.16. The third-order valence-corrected chi connectivity index (χ3v) is 4.04. The zero-order chi connectivity index (χ0) is 17.2. The van der Waals surface area contributed by atoms with Gasteiger partial charge in [0.15, 0.2) is 0 Å². The number of hydrogen-bond acceptors (Lipinski definition) is 2. The summed E-state index contributed by atoms with van der Waals surface area (Å²) in [6, 6.07) is 3.09. The normalized spacial score (nSPS) is 21.7. The van der Waals surface area contributed by atoms with E-state index in [-0.39, 0.29) is 23.4 Å². The van der Waals surface area contributed by atoms with E-state index in [4.69, 9.17) is 0 Å². The van der Waals surface area contributed by atoms with Crippen LogP contribution < -0.4 is 10.6 Å². The van der Waals surface area contributed by atoms with Gasteiger partial charge in [-0.1, -0.05) is 19.9 Å². The van der Waals surface area contributed by atoms with Crippen LogP contribution in [0.5, 0.6) is 0 Å². The smallest absolute Gasteiger partial charge is 0.315 e. The van der Waals surface area contributed by atoms with E-state index in [1.54, 1.807) is 6.92 Å². The van der Waals surface area contributed by atoms with Gasteiger partial charge in [-0.05, 0) is 36.8 Å². The first-order valence-corrected chi connectivity index (χ1v) is 7.85. The predicted molar refractivity (Wildman–Crippen MR) is 84.1 cm³/mol. The first-order chi connectivity index (χ1) is 10.7. The lowest BCUT2D eigenvalue weighted by Crippen LogP contribution is -2.42. The van der Waals surface area contributed by atoms with Gasteiger partial charge in [-0.2, -0.15) is 0 Å². The Labute approximate surface area is 135 Å². The van der Waals surface area contributed by atoms with Gasteiger partial charge in [0.05, 0.1) is 6.10 Å². The Balaban J connectivity index is 1.79. The lowest BCUT2D eigenvalue weighted by molar-refractivity contribution is 0.129. The van der Waals surface area contributed by atoms with E-state index in [0.717, 1.165) is 6.07 Å². The molecule has 4 nitrogen and oxygen atoms in total. The average molecular weight is 326 g/mol. The lowest BCUT2D eigenvalue weighted by Gasteiger charge is -2.26. The summed E-state index contributed by atoms with van der Waals surface area (Å²) < 4.78 is 26.6. The number of nitrogens with one attached hydrogen (secondary N) is 2. The number of aliphatic hydroxyl groups is 1. The topological polar surface area (TPSA) is 61.4 Å². The number of rotatable bonds is 6. The molecule has 2 amide bonds. The molecule has 0 spiro atoms. The van der Waals surface area contributed by atoms with Gasteiger partial charge in [-0.25, -0.2) is 13.6 Å². The molecule has 1 aromatic rings. The van der Waals surface area contributed by atoms with Crippen molar-refractivity contribution in [3.63, 3.8) is 0 Å². The van der Waals surface area contributed by atoms with Gasteiger partial charge in [0.25, 0.3) is 0 Å². The highest BCUT2D eigenvalue weighted by Crippen LogP contribution is 2.41. The van der Waals surface area contributed by atoms with Gasteiger partial charge in [-0.15, -0.1) is 0 Å². The molecule has 3 atom stereocenters. The summed E-state index contributed by atoms with van der Waals surface area (Å²) in [6.07, 6.45) is 0.803. The molecule has 1 aliphatic carbocycles. The number of amides is 2. The number of urea groups is 1. The maximum Gasteiger partial charge on any atom is 0.315 e. The standard InChI is InChI=1S/C17H24F2N2O2/c1-10(22)8-17(2,3)9-20-16(23)21-15-7-13(15)12-5-4-11(18)6-14(12)19/h4-6,10,13,15,22H,7-9H2,1-3H3,(H2,20,21,23). The van der Waals surface area contributed by atoms with Crippen molar-refractivity contribution in [2.24, 2.45) is 5.41 Å². The van der Waals surface area contributed by atoms with E-state index in [2.05, 4.69) is 10.6 Å². The number of aliphatic hydroxyl groups excluding tert-OH is 1. The highest BCUT2D eigenvalue weighted by Gasteiger charge is 2.41. The predicted octanol–water partition coefficient (Wildman–Crippen LogP) is 2.92. The van der Waals surface area contributed by atoms with E-state index in [9.17, 15) is 18.7 Å². The maximum atomic E-state index is 13.7. The monoisotopic (exact) mass is 326 g/mol. The second-order valence-electron chi connectivity index (χ2n) is 7.16. The summed E-state index contributed by atoms with van der Waals surface area (Å²) in [5.41, 5.74) is 0.225. The Bertz CT molecular complexity index is 576. The van der Waals surface area contributed by atoms with Crippen LogP contribution in [0.15, 0.2) is 18.2 Å². The van der Waals surface area contributed by atoms with E-state index in [1.807, 2.05) is 13.8 Å². The molecule has 1 aliphatic rings. The molecule has 0 radical (unpaired) electrons. The molecule has 3 N–H and O–H groups in total. The highest BCUT2D eigenvalue weighted by atomic mass is 19.1. The van der Waals surface area contributed by atoms with Crippen molar-refractivity contribution in [1.29, 1.82) is 0 Å². The van der Waals surface area contributed by atoms with Crippen LogP contribution in [0.3, 0.4) is 0 Å². The average Bonchev–Trinajstić information content (AvgIpc) is 3.14. The van der Waals surface area contributed by atoms with Gasteiger partial charge in [-0.3, -0.25) is 0 Å². The van der Waals surface area contributed by atoms with E-state index < -0.39 is 17.7 Å².